The summed E-state index contributed by atoms with van der Waals surface area (Å²) in [5.41, 5.74) is 1.60. The molecule has 1 aromatic carbocycles. The van der Waals surface area contributed by atoms with E-state index in [1.807, 2.05) is 0 Å². The first-order valence-corrected chi connectivity index (χ1v) is 11.2. The molecule has 2 N–H and O–H groups in total. The van der Waals surface area contributed by atoms with Crippen LogP contribution in [-0.2, 0) is 24.3 Å². The van der Waals surface area contributed by atoms with Gasteiger partial charge >= 0.3 is 11.9 Å². The molecule has 10 nitrogen and oxygen atoms in total. The lowest BCUT2D eigenvalue weighted by molar-refractivity contribution is -0.147. The number of nitrogens with zero attached hydrogens (tertiary/aromatic N) is 1. The van der Waals surface area contributed by atoms with E-state index in [-0.39, 0.29) is 22.0 Å². The van der Waals surface area contributed by atoms with Crippen molar-refractivity contribution >= 4 is 33.6 Å². The largest absolute Gasteiger partial charge is 0.465 e. The summed E-state index contributed by atoms with van der Waals surface area (Å²) in [4.78, 5) is 44.3. The molecule has 11 heteroatoms. The van der Waals surface area contributed by atoms with Gasteiger partial charge in [0.1, 0.15) is 11.9 Å². The number of carbonyl (C=O) groups is 3. The summed E-state index contributed by atoms with van der Waals surface area (Å²) < 4.78 is 36.7. The summed E-state index contributed by atoms with van der Waals surface area (Å²) in [5, 5.41) is 0. The fourth-order valence-electron chi connectivity index (χ4n) is 3.41. The predicted octanol–water partition coefficient (Wildman–Crippen LogP) is 1.66. The number of aromatic nitrogens is 1. The van der Waals surface area contributed by atoms with Crippen molar-refractivity contribution in [3.63, 3.8) is 0 Å². The number of fused-ring (bicyclic) bond motifs is 1. The number of ketones is 1. The Morgan fingerprint density at radius 1 is 1.09 bits per heavy atom. The second-order valence-corrected chi connectivity index (χ2v) is 8.97. The Balaban J connectivity index is 1.76. The molecule has 1 aliphatic heterocycles. The van der Waals surface area contributed by atoms with Crippen LogP contribution in [0.1, 0.15) is 51.5 Å². The maximum Gasteiger partial charge on any atom is 0.339 e. The van der Waals surface area contributed by atoms with Crippen molar-refractivity contribution in [3.05, 3.63) is 52.3 Å². The second-order valence-electron chi connectivity index (χ2n) is 7.32. The third-order valence-electron chi connectivity index (χ3n) is 5.06. The summed E-state index contributed by atoms with van der Waals surface area (Å²) in [6.45, 7) is 6.06. The van der Waals surface area contributed by atoms with Gasteiger partial charge in [0.15, 0.2) is 6.10 Å². The van der Waals surface area contributed by atoms with Crippen molar-refractivity contribution in [2.75, 3.05) is 7.11 Å². The average molecular weight is 461 g/mol. The van der Waals surface area contributed by atoms with Gasteiger partial charge in [0.25, 0.3) is 10.0 Å². The Bertz CT molecular complexity index is 1240. The quantitative estimate of drug-likeness (QED) is 0.492. The Morgan fingerprint density at radius 2 is 1.75 bits per heavy atom. The molecule has 0 saturated carbocycles. The topological polar surface area (TPSA) is 144 Å². The number of aromatic amines is 1. The summed E-state index contributed by atoms with van der Waals surface area (Å²) in [7, 11) is -2.50. The fourth-order valence-corrected chi connectivity index (χ4v) is 4.65. The molecule has 0 amide bonds. The van der Waals surface area contributed by atoms with Crippen molar-refractivity contribution in [2.24, 2.45) is 4.99 Å². The van der Waals surface area contributed by atoms with Crippen LogP contribution in [0.2, 0.25) is 0 Å². The maximum atomic E-state index is 12.8. The van der Waals surface area contributed by atoms with Gasteiger partial charge in [0.05, 0.1) is 23.3 Å². The maximum absolute atomic E-state index is 12.8. The number of Topliss-reactive ketones (excluding diaryl/α,β-unsaturated/α-hetero) is 1. The summed E-state index contributed by atoms with van der Waals surface area (Å²) in [5.74, 6) is -1.89. The number of benzene rings is 1. The summed E-state index contributed by atoms with van der Waals surface area (Å²) in [6, 6.07) is 5.18. The minimum Gasteiger partial charge on any atom is -0.465 e. The van der Waals surface area contributed by atoms with Gasteiger partial charge in [-0.15, -0.1) is 0 Å². The number of methoxy groups -OCH3 is 1. The lowest BCUT2D eigenvalue weighted by Crippen LogP contribution is -2.31. The normalized spacial score (nSPS) is 17.2. The Kier molecular flexibility index (Phi) is 6.22. The molecule has 2 aromatic rings. The van der Waals surface area contributed by atoms with E-state index in [2.05, 4.69) is 14.7 Å². The van der Waals surface area contributed by atoms with E-state index in [1.165, 1.54) is 27.0 Å². The minimum absolute atomic E-state index is 0.0302. The van der Waals surface area contributed by atoms with Gasteiger partial charge in [-0.2, -0.15) is 0 Å². The van der Waals surface area contributed by atoms with Crippen LogP contribution in [0, 0.1) is 13.8 Å². The standard InChI is InChI=1S/C21H23N3O7S/c1-10-16(21(27)30-5)11(2)22-17(10)18(25)13(4)31-20(26)12(3)23-19-14-8-6-7-9-15(14)32(28,29)24-19/h6-9,12-13,22H,1-5H3,(H,23,24). The molecule has 2 heterocycles. The highest BCUT2D eigenvalue weighted by atomic mass is 32.2. The molecular formula is C21H23N3O7S. The zero-order valence-corrected chi connectivity index (χ0v) is 19.0. The molecule has 0 radical (unpaired) electrons. The molecule has 0 fully saturated rings. The number of rotatable bonds is 6. The second kappa shape index (κ2) is 8.58. The van der Waals surface area contributed by atoms with Gasteiger partial charge in [-0.1, -0.05) is 12.1 Å². The zero-order chi connectivity index (χ0) is 23.8. The number of aryl methyl sites for hydroxylation is 1. The van der Waals surface area contributed by atoms with Gasteiger partial charge in [-0.05, 0) is 45.4 Å². The van der Waals surface area contributed by atoms with E-state index in [4.69, 9.17) is 9.47 Å². The van der Waals surface area contributed by atoms with Gasteiger partial charge in [-0.25, -0.2) is 18.0 Å². The molecule has 2 unspecified atom stereocenters. The molecule has 1 aliphatic rings. The number of hydrogen-bond acceptors (Lipinski definition) is 8. The van der Waals surface area contributed by atoms with Crippen LogP contribution in [0.3, 0.4) is 0 Å². The molecule has 170 valence electrons. The lowest BCUT2D eigenvalue weighted by atomic mass is 10.1. The molecule has 2 atom stereocenters. The first kappa shape index (κ1) is 23.2. The third kappa shape index (κ3) is 4.15. The van der Waals surface area contributed by atoms with Crippen LogP contribution in [0.15, 0.2) is 34.2 Å². The van der Waals surface area contributed by atoms with Gasteiger partial charge < -0.3 is 14.5 Å². The predicted molar refractivity (Wildman–Crippen MR) is 114 cm³/mol. The average Bonchev–Trinajstić information content (AvgIpc) is 3.19. The monoisotopic (exact) mass is 461 g/mol. The fraction of sp³-hybridized carbons (Fsp3) is 0.333. The van der Waals surface area contributed by atoms with Crippen LogP contribution >= 0.6 is 0 Å². The first-order valence-electron chi connectivity index (χ1n) is 9.70. The lowest BCUT2D eigenvalue weighted by Gasteiger charge is -2.14. The Morgan fingerprint density at radius 3 is 2.41 bits per heavy atom. The number of ether oxygens (including phenoxy) is 2. The highest BCUT2D eigenvalue weighted by molar-refractivity contribution is 7.90. The molecule has 0 bridgehead atoms. The number of hydrogen-bond donors (Lipinski definition) is 2. The molecule has 0 aliphatic carbocycles. The number of carbonyl (C=O) groups excluding carboxylic acids is 3. The zero-order valence-electron chi connectivity index (χ0n) is 18.2. The van der Waals surface area contributed by atoms with E-state index in [1.54, 1.807) is 32.0 Å². The van der Waals surface area contributed by atoms with E-state index in [0.29, 0.717) is 16.8 Å². The van der Waals surface area contributed by atoms with E-state index in [9.17, 15) is 22.8 Å². The number of aliphatic imine (C=N–C) groups is 1. The SMILES string of the molecule is COC(=O)c1c(C)[nH]c(C(=O)C(C)OC(=O)C(C)N=C2NS(=O)(=O)c3ccccc32)c1C. The Hall–Kier alpha value is -3.47. The van der Waals surface area contributed by atoms with Crippen molar-refractivity contribution in [3.8, 4) is 0 Å². The molecule has 0 spiro atoms. The van der Waals surface area contributed by atoms with Crippen molar-refractivity contribution in [1.82, 2.24) is 9.71 Å². The number of sulfonamides is 1. The van der Waals surface area contributed by atoms with Gasteiger partial charge in [0.2, 0.25) is 5.78 Å². The molecular weight excluding hydrogens is 438 g/mol. The Labute approximate surface area is 185 Å². The van der Waals surface area contributed by atoms with Crippen LogP contribution in [0.25, 0.3) is 0 Å². The van der Waals surface area contributed by atoms with E-state index in [0.717, 1.165) is 0 Å². The molecule has 1 aromatic heterocycles. The number of amidine groups is 1. The smallest absolute Gasteiger partial charge is 0.339 e. The molecule has 3 rings (SSSR count). The molecule has 0 saturated heterocycles. The highest BCUT2D eigenvalue weighted by Crippen LogP contribution is 2.23. The van der Waals surface area contributed by atoms with Gasteiger partial charge in [-0.3, -0.25) is 14.5 Å². The number of esters is 2. The van der Waals surface area contributed by atoms with Crippen molar-refractivity contribution < 1.29 is 32.3 Å². The van der Waals surface area contributed by atoms with Crippen LogP contribution < -0.4 is 4.72 Å². The summed E-state index contributed by atoms with van der Waals surface area (Å²) in [6.07, 6.45) is -1.17. The number of nitrogens with one attached hydrogen (secondary N) is 2. The molecule has 32 heavy (non-hydrogen) atoms. The van der Waals surface area contributed by atoms with E-state index < -0.39 is 39.9 Å². The van der Waals surface area contributed by atoms with Crippen LogP contribution in [-0.4, -0.2) is 56.2 Å². The first-order chi connectivity index (χ1) is 15.0. The summed E-state index contributed by atoms with van der Waals surface area (Å²) >= 11 is 0. The van der Waals surface area contributed by atoms with Crippen molar-refractivity contribution in [1.29, 1.82) is 0 Å². The van der Waals surface area contributed by atoms with Crippen LogP contribution in [0.4, 0.5) is 0 Å². The number of H-pyrrole nitrogens is 1. The minimum atomic E-state index is -3.74. The third-order valence-corrected chi connectivity index (χ3v) is 6.46. The van der Waals surface area contributed by atoms with Crippen LogP contribution in [0.5, 0.6) is 0 Å². The van der Waals surface area contributed by atoms with Gasteiger partial charge in [0, 0.05) is 11.3 Å². The van der Waals surface area contributed by atoms with Crippen molar-refractivity contribution in [2.45, 2.75) is 44.7 Å². The van der Waals surface area contributed by atoms with E-state index >= 15 is 0 Å². The highest BCUT2D eigenvalue weighted by Gasteiger charge is 2.32.